The van der Waals surface area contributed by atoms with Gasteiger partial charge >= 0.3 is 0 Å². The Hall–Kier alpha value is -1.00. The summed E-state index contributed by atoms with van der Waals surface area (Å²) in [6, 6.07) is 2.16. The number of nitrogens with zero attached hydrogens (tertiary/aromatic N) is 2. The van der Waals surface area contributed by atoms with E-state index < -0.39 is 0 Å². The molecule has 0 radical (unpaired) electrons. The standard InChI is InChI=1S/C16H26ClN3O/c1-3-9-19-12-13(17)11-15(19)16(21)20-10-5-4-6-14(20)7-8-18-2/h11-12,14,18H,3-10H2,1-2H3. The highest BCUT2D eigenvalue weighted by atomic mass is 35.5. The van der Waals surface area contributed by atoms with Crippen LogP contribution in [0.25, 0.3) is 0 Å². The molecular weight excluding hydrogens is 286 g/mol. The number of carbonyl (C=O) groups excluding carboxylic acids is 1. The molecule has 1 saturated heterocycles. The van der Waals surface area contributed by atoms with E-state index in [0.29, 0.717) is 11.1 Å². The molecule has 0 aromatic carbocycles. The van der Waals surface area contributed by atoms with Crippen LogP contribution >= 0.6 is 11.6 Å². The van der Waals surface area contributed by atoms with E-state index in [4.69, 9.17) is 11.6 Å². The normalized spacial score (nSPS) is 19.0. The minimum atomic E-state index is 0.135. The van der Waals surface area contributed by atoms with Gasteiger partial charge < -0.3 is 14.8 Å². The summed E-state index contributed by atoms with van der Waals surface area (Å²) in [5, 5.41) is 3.83. The van der Waals surface area contributed by atoms with Crippen LogP contribution in [0.5, 0.6) is 0 Å². The highest BCUT2D eigenvalue weighted by Gasteiger charge is 2.28. The smallest absolute Gasteiger partial charge is 0.270 e. The number of hydrogen-bond acceptors (Lipinski definition) is 2. The van der Waals surface area contributed by atoms with Crippen molar-refractivity contribution < 1.29 is 4.79 Å². The number of rotatable bonds is 6. The van der Waals surface area contributed by atoms with E-state index in [9.17, 15) is 4.79 Å². The summed E-state index contributed by atoms with van der Waals surface area (Å²) < 4.78 is 1.99. The van der Waals surface area contributed by atoms with Gasteiger partial charge in [0.05, 0.1) is 5.02 Å². The Bertz CT molecular complexity index is 472. The molecule has 0 aliphatic carbocycles. The predicted molar refractivity (Wildman–Crippen MR) is 87.0 cm³/mol. The molecule has 0 bridgehead atoms. The second-order valence-electron chi connectivity index (χ2n) is 5.78. The lowest BCUT2D eigenvalue weighted by Crippen LogP contribution is -2.45. The number of nitrogens with one attached hydrogen (secondary N) is 1. The summed E-state index contributed by atoms with van der Waals surface area (Å²) in [6.07, 6.45) is 7.30. The molecule has 4 nitrogen and oxygen atoms in total. The topological polar surface area (TPSA) is 37.3 Å². The van der Waals surface area contributed by atoms with Crippen molar-refractivity contribution in [3.63, 3.8) is 0 Å². The Morgan fingerprint density at radius 1 is 1.48 bits per heavy atom. The summed E-state index contributed by atoms with van der Waals surface area (Å²) >= 11 is 6.10. The molecule has 2 rings (SSSR count). The maximum absolute atomic E-state index is 12.9. The molecular formula is C16H26ClN3O. The lowest BCUT2D eigenvalue weighted by atomic mass is 9.99. The average molecular weight is 312 g/mol. The van der Waals surface area contributed by atoms with Crippen molar-refractivity contribution in [3.8, 4) is 0 Å². The summed E-state index contributed by atoms with van der Waals surface area (Å²) in [4.78, 5) is 15.0. The van der Waals surface area contributed by atoms with Gasteiger partial charge in [-0.3, -0.25) is 4.79 Å². The molecule has 1 unspecified atom stereocenters. The summed E-state index contributed by atoms with van der Waals surface area (Å²) in [5.74, 6) is 0.135. The third-order valence-electron chi connectivity index (χ3n) is 4.16. The first-order chi connectivity index (χ1) is 10.2. The third-order valence-corrected chi connectivity index (χ3v) is 4.37. The van der Waals surface area contributed by atoms with Crippen molar-refractivity contribution in [2.75, 3.05) is 20.1 Å². The molecule has 1 N–H and O–H groups in total. The molecule has 1 fully saturated rings. The molecule has 1 aliphatic heterocycles. The van der Waals surface area contributed by atoms with Gasteiger partial charge in [-0.2, -0.15) is 0 Å². The van der Waals surface area contributed by atoms with Gasteiger partial charge in [0.25, 0.3) is 5.91 Å². The van der Waals surface area contributed by atoms with Crippen molar-refractivity contribution in [2.45, 2.75) is 51.6 Å². The minimum Gasteiger partial charge on any atom is -0.342 e. The Morgan fingerprint density at radius 2 is 2.29 bits per heavy atom. The van der Waals surface area contributed by atoms with Gasteiger partial charge in [0.1, 0.15) is 5.69 Å². The van der Waals surface area contributed by atoms with E-state index >= 15 is 0 Å². The molecule has 1 aromatic rings. The average Bonchev–Trinajstić information content (AvgIpc) is 2.86. The Labute approximate surface area is 132 Å². The predicted octanol–water partition coefficient (Wildman–Crippen LogP) is 3.16. The zero-order chi connectivity index (χ0) is 15.2. The highest BCUT2D eigenvalue weighted by Crippen LogP contribution is 2.24. The number of aryl methyl sites for hydroxylation is 1. The fourth-order valence-corrected chi connectivity index (χ4v) is 3.33. The Balaban J connectivity index is 2.16. The van der Waals surface area contributed by atoms with E-state index in [0.717, 1.165) is 51.0 Å². The molecule has 1 amide bonds. The van der Waals surface area contributed by atoms with Crippen LogP contribution in [-0.2, 0) is 6.54 Å². The quantitative estimate of drug-likeness (QED) is 0.876. The molecule has 1 aromatic heterocycles. The fraction of sp³-hybridized carbons (Fsp3) is 0.688. The lowest BCUT2D eigenvalue weighted by molar-refractivity contribution is 0.0591. The van der Waals surface area contributed by atoms with Crippen LogP contribution in [0.2, 0.25) is 5.02 Å². The molecule has 118 valence electrons. The molecule has 21 heavy (non-hydrogen) atoms. The van der Waals surface area contributed by atoms with Gasteiger partial charge in [0.15, 0.2) is 0 Å². The number of likely N-dealkylation sites (tertiary alicyclic amines) is 1. The zero-order valence-corrected chi connectivity index (χ0v) is 13.8. The molecule has 0 saturated carbocycles. The van der Waals surface area contributed by atoms with E-state index in [1.165, 1.54) is 6.42 Å². The maximum Gasteiger partial charge on any atom is 0.270 e. The summed E-state index contributed by atoms with van der Waals surface area (Å²) in [6.45, 7) is 4.76. The first-order valence-electron chi connectivity index (χ1n) is 7.98. The van der Waals surface area contributed by atoms with Gasteiger partial charge in [0, 0.05) is 25.3 Å². The molecule has 0 spiro atoms. The van der Waals surface area contributed by atoms with Gasteiger partial charge in [0.2, 0.25) is 0 Å². The van der Waals surface area contributed by atoms with E-state index in [-0.39, 0.29) is 5.91 Å². The fourth-order valence-electron chi connectivity index (χ4n) is 3.11. The second-order valence-corrected chi connectivity index (χ2v) is 6.21. The Morgan fingerprint density at radius 3 is 3.00 bits per heavy atom. The van der Waals surface area contributed by atoms with Gasteiger partial charge in [-0.25, -0.2) is 0 Å². The van der Waals surface area contributed by atoms with Gasteiger partial charge in [-0.05, 0) is 51.8 Å². The van der Waals surface area contributed by atoms with Crippen LogP contribution in [0.1, 0.15) is 49.5 Å². The minimum absolute atomic E-state index is 0.135. The van der Waals surface area contributed by atoms with E-state index in [2.05, 4.69) is 17.1 Å². The first kappa shape index (κ1) is 16.4. The van der Waals surface area contributed by atoms with Crippen LogP contribution in [0.4, 0.5) is 0 Å². The van der Waals surface area contributed by atoms with Gasteiger partial charge in [-0.15, -0.1) is 0 Å². The first-order valence-corrected chi connectivity index (χ1v) is 8.36. The monoisotopic (exact) mass is 311 g/mol. The van der Waals surface area contributed by atoms with Crippen molar-refractivity contribution in [3.05, 3.63) is 23.0 Å². The number of carbonyl (C=O) groups is 1. The number of aromatic nitrogens is 1. The van der Waals surface area contributed by atoms with Crippen LogP contribution in [-0.4, -0.2) is 41.6 Å². The lowest BCUT2D eigenvalue weighted by Gasteiger charge is -2.36. The SMILES string of the molecule is CCCn1cc(Cl)cc1C(=O)N1CCCCC1CCNC. The molecule has 2 heterocycles. The molecule has 1 aliphatic rings. The zero-order valence-electron chi connectivity index (χ0n) is 13.1. The number of amides is 1. The number of hydrogen-bond donors (Lipinski definition) is 1. The van der Waals surface area contributed by atoms with Crippen molar-refractivity contribution in [2.24, 2.45) is 0 Å². The second kappa shape index (κ2) is 7.85. The highest BCUT2D eigenvalue weighted by molar-refractivity contribution is 6.31. The molecule has 5 heteroatoms. The van der Waals surface area contributed by atoms with Crippen LogP contribution in [0.3, 0.4) is 0 Å². The summed E-state index contributed by atoms with van der Waals surface area (Å²) in [7, 11) is 1.96. The third kappa shape index (κ3) is 4.01. The van der Waals surface area contributed by atoms with Crippen molar-refractivity contribution in [1.29, 1.82) is 0 Å². The Kier molecular flexibility index (Phi) is 6.12. The summed E-state index contributed by atoms with van der Waals surface area (Å²) in [5.41, 5.74) is 0.734. The number of halogens is 1. The number of piperidine rings is 1. The maximum atomic E-state index is 12.9. The van der Waals surface area contributed by atoms with Crippen molar-refractivity contribution >= 4 is 17.5 Å². The van der Waals surface area contributed by atoms with Crippen LogP contribution in [0.15, 0.2) is 12.3 Å². The molecule has 1 atom stereocenters. The van der Waals surface area contributed by atoms with E-state index in [1.54, 1.807) is 0 Å². The van der Waals surface area contributed by atoms with Gasteiger partial charge in [-0.1, -0.05) is 18.5 Å². The van der Waals surface area contributed by atoms with Crippen LogP contribution in [0, 0.1) is 0 Å². The van der Waals surface area contributed by atoms with Crippen molar-refractivity contribution in [1.82, 2.24) is 14.8 Å². The van der Waals surface area contributed by atoms with E-state index in [1.807, 2.05) is 23.9 Å². The van der Waals surface area contributed by atoms with Crippen LogP contribution < -0.4 is 5.32 Å². The largest absolute Gasteiger partial charge is 0.342 e.